The minimum absolute atomic E-state index is 0.0340. The van der Waals surface area contributed by atoms with Crippen molar-refractivity contribution in [1.82, 2.24) is 0 Å². The Bertz CT molecular complexity index is 365. The highest BCUT2D eigenvalue weighted by Crippen LogP contribution is 2.18. The average Bonchev–Trinajstić information content (AvgIpc) is 2.16. The molecule has 0 saturated heterocycles. The van der Waals surface area contributed by atoms with E-state index in [-0.39, 0.29) is 5.96 Å². The number of carboxylic acids is 1. The van der Waals surface area contributed by atoms with Crippen molar-refractivity contribution in [3.8, 4) is 0 Å². The second-order valence-electron chi connectivity index (χ2n) is 2.79. The SMILES string of the molecule is CC(=O)O.CSc1cccc(NC(=N)N)c1. The summed E-state index contributed by atoms with van der Waals surface area (Å²) in [5.41, 5.74) is 6.04. The largest absolute Gasteiger partial charge is 0.481 e. The minimum Gasteiger partial charge on any atom is -0.481 e. The number of anilines is 1. The van der Waals surface area contributed by atoms with Crippen molar-refractivity contribution < 1.29 is 9.90 Å². The fourth-order valence-electron chi connectivity index (χ4n) is 0.856. The third kappa shape index (κ3) is 7.69. The standard InChI is InChI=1S/C8H11N3S.C2H4O2/c1-12-7-4-2-3-6(5-7)11-8(9)10;1-2(3)4/h2-5H,1H3,(H4,9,10,11);1H3,(H,3,4). The highest BCUT2D eigenvalue weighted by Gasteiger charge is 1.94. The maximum atomic E-state index is 9.00. The number of rotatable bonds is 2. The van der Waals surface area contributed by atoms with Crippen LogP contribution in [0.2, 0.25) is 0 Å². The molecule has 1 rings (SSSR count). The van der Waals surface area contributed by atoms with Crippen molar-refractivity contribution in [2.75, 3.05) is 11.6 Å². The molecule has 5 nitrogen and oxygen atoms in total. The van der Waals surface area contributed by atoms with Crippen LogP contribution in [0.15, 0.2) is 29.2 Å². The third-order valence-electron chi connectivity index (χ3n) is 1.35. The maximum absolute atomic E-state index is 9.00. The summed E-state index contributed by atoms with van der Waals surface area (Å²) in [6.07, 6.45) is 2.01. The van der Waals surface area contributed by atoms with Gasteiger partial charge in [0.15, 0.2) is 5.96 Å². The molecular weight excluding hydrogens is 226 g/mol. The van der Waals surface area contributed by atoms with E-state index in [0.717, 1.165) is 17.5 Å². The summed E-state index contributed by atoms with van der Waals surface area (Å²) in [7, 11) is 0. The van der Waals surface area contributed by atoms with Crippen LogP contribution in [0.3, 0.4) is 0 Å². The van der Waals surface area contributed by atoms with E-state index in [0.29, 0.717) is 0 Å². The molecule has 0 aromatic heterocycles. The van der Waals surface area contributed by atoms with Crippen molar-refractivity contribution in [3.63, 3.8) is 0 Å². The second-order valence-corrected chi connectivity index (χ2v) is 3.67. The predicted octanol–water partition coefficient (Wildman–Crippen LogP) is 1.80. The van der Waals surface area contributed by atoms with E-state index in [1.807, 2.05) is 30.5 Å². The zero-order chi connectivity index (χ0) is 12.6. The molecule has 0 aliphatic rings. The first-order valence-corrected chi connectivity index (χ1v) is 5.62. The van der Waals surface area contributed by atoms with Gasteiger partial charge in [0, 0.05) is 17.5 Å². The van der Waals surface area contributed by atoms with Crippen LogP contribution in [0.5, 0.6) is 0 Å². The molecule has 88 valence electrons. The van der Waals surface area contributed by atoms with Gasteiger partial charge in [-0.3, -0.25) is 10.2 Å². The molecular formula is C10H15N3O2S. The van der Waals surface area contributed by atoms with E-state index in [2.05, 4.69) is 5.32 Å². The number of hydrogen-bond acceptors (Lipinski definition) is 3. The van der Waals surface area contributed by atoms with Gasteiger partial charge in [-0.2, -0.15) is 0 Å². The fraction of sp³-hybridized carbons (Fsp3) is 0.200. The van der Waals surface area contributed by atoms with E-state index in [1.165, 1.54) is 0 Å². The van der Waals surface area contributed by atoms with Gasteiger partial charge in [0.1, 0.15) is 0 Å². The lowest BCUT2D eigenvalue weighted by molar-refractivity contribution is -0.134. The van der Waals surface area contributed by atoms with Crippen LogP contribution < -0.4 is 11.1 Å². The Morgan fingerprint density at radius 1 is 1.56 bits per heavy atom. The van der Waals surface area contributed by atoms with Crippen molar-refractivity contribution in [3.05, 3.63) is 24.3 Å². The smallest absolute Gasteiger partial charge is 0.300 e. The van der Waals surface area contributed by atoms with Gasteiger partial charge in [0.05, 0.1) is 0 Å². The minimum atomic E-state index is -0.833. The van der Waals surface area contributed by atoms with Crippen molar-refractivity contribution >= 4 is 29.4 Å². The first-order chi connectivity index (χ1) is 7.45. The van der Waals surface area contributed by atoms with E-state index in [9.17, 15) is 0 Å². The first-order valence-electron chi connectivity index (χ1n) is 4.40. The molecule has 5 N–H and O–H groups in total. The molecule has 0 aliphatic heterocycles. The summed E-state index contributed by atoms with van der Waals surface area (Å²) in [5, 5.41) is 17.2. The number of carbonyl (C=O) groups is 1. The van der Waals surface area contributed by atoms with Crippen molar-refractivity contribution in [2.45, 2.75) is 11.8 Å². The maximum Gasteiger partial charge on any atom is 0.300 e. The lowest BCUT2D eigenvalue weighted by Gasteiger charge is -2.04. The lowest BCUT2D eigenvalue weighted by Crippen LogP contribution is -2.20. The molecule has 0 bridgehead atoms. The number of nitrogens with two attached hydrogens (primary N) is 1. The van der Waals surface area contributed by atoms with Crippen LogP contribution in [0.4, 0.5) is 5.69 Å². The molecule has 0 fully saturated rings. The Hall–Kier alpha value is -1.69. The Morgan fingerprint density at radius 2 is 2.12 bits per heavy atom. The highest BCUT2D eigenvalue weighted by atomic mass is 32.2. The second kappa shape index (κ2) is 7.58. The van der Waals surface area contributed by atoms with Crippen molar-refractivity contribution in [1.29, 1.82) is 5.41 Å². The van der Waals surface area contributed by atoms with Crippen LogP contribution in [-0.2, 0) is 4.79 Å². The Labute approximate surface area is 98.6 Å². The molecule has 1 aromatic carbocycles. The topological polar surface area (TPSA) is 99.2 Å². The quantitative estimate of drug-likeness (QED) is 0.359. The van der Waals surface area contributed by atoms with Crippen LogP contribution in [0.25, 0.3) is 0 Å². The number of guanidine groups is 1. The number of aliphatic carboxylic acids is 1. The molecule has 16 heavy (non-hydrogen) atoms. The van der Waals surface area contributed by atoms with Gasteiger partial charge in [0.25, 0.3) is 5.97 Å². The zero-order valence-electron chi connectivity index (χ0n) is 9.15. The van der Waals surface area contributed by atoms with E-state index in [1.54, 1.807) is 11.8 Å². The Kier molecular flexibility index (Phi) is 6.78. The van der Waals surface area contributed by atoms with E-state index < -0.39 is 5.97 Å². The van der Waals surface area contributed by atoms with Gasteiger partial charge in [0.2, 0.25) is 0 Å². The molecule has 0 spiro atoms. The molecule has 6 heteroatoms. The average molecular weight is 241 g/mol. The first kappa shape index (κ1) is 14.3. The van der Waals surface area contributed by atoms with Crippen LogP contribution in [0.1, 0.15) is 6.92 Å². The third-order valence-corrected chi connectivity index (χ3v) is 2.07. The van der Waals surface area contributed by atoms with Gasteiger partial charge in [-0.15, -0.1) is 11.8 Å². The molecule has 0 atom stereocenters. The zero-order valence-corrected chi connectivity index (χ0v) is 9.97. The summed E-state index contributed by atoms with van der Waals surface area (Å²) in [6, 6.07) is 7.76. The molecule has 0 unspecified atom stereocenters. The molecule has 1 aromatic rings. The molecule has 0 saturated carbocycles. The summed E-state index contributed by atoms with van der Waals surface area (Å²) in [6.45, 7) is 1.08. The number of thioether (sulfide) groups is 1. The van der Waals surface area contributed by atoms with Gasteiger partial charge >= 0.3 is 0 Å². The predicted molar refractivity (Wildman–Crippen MR) is 67.1 cm³/mol. The summed E-state index contributed by atoms with van der Waals surface area (Å²) in [5.74, 6) is -0.867. The highest BCUT2D eigenvalue weighted by molar-refractivity contribution is 7.98. The van der Waals surface area contributed by atoms with Crippen LogP contribution in [-0.4, -0.2) is 23.3 Å². The van der Waals surface area contributed by atoms with Gasteiger partial charge in [-0.1, -0.05) is 6.07 Å². The van der Waals surface area contributed by atoms with E-state index in [4.69, 9.17) is 21.0 Å². The fourth-order valence-corrected chi connectivity index (χ4v) is 1.32. The lowest BCUT2D eigenvalue weighted by atomic mass is 10.3. The summed E-state index contributed by atoms with van der Waals surface area (Å²) in [4.78, 5) is 10.2. The molecule has 0 heterocycles. The van der Waals surface area contributed by atoms with Gasteiger partial charge in [-0.25, -0.2) is 0 Å². The van der Waals surface area contributed by atoms with E-state index >= 15 is 0 Å². The van der Waals surface area contributed by atoms with Gasteiger partial charge < -0.3 is 16.2 Å². The van der Waals surface area contributed by atoms with Crippen LogP contribution >= 0.6 is 11.8 Å². The molecule has 0 aliphatic carbocycles. The number of hydrogen-bond donors (Lipinski definition) is 4. The molecule has 0 radical (unpaired) electrons. The number of nitrogens with one attached hydrogen (secondary N) is 2. The van der Waals surface area contributed by atoms with Gasteiger partial charge in [-0.05, 0) is 24.5 Å². The summed E-state index contributed by atoms with van der Waals surface area (Å²) < 4.78 is 0. The number of benzene rings is 1. The Balaban J connectivity index is 0.000000487. The van der Waals surface area contributed by atoms with Crippen molar-refractivity contribution in [2.24, 2.45) is 5.73 Å². The normalized spacial score (nSPS) is 8.62. The number of carboxylic acid groups (broad SMARTS) is 1. The molecule has 0 amide bonds. The monoisotopic (exact) mass is 241 g/mol. The summed E-state index contributed by atoms with van der Waals surface area (Å²) >= 11 is 1.66. The van der Waals surface area contributed by atoms with Crippen LogP contribution in [0, 0.1) is 5.41 Å². The Morgan fingerprint density at radius 3 is 2.56 bits per heavy atom.